The minimum absolute atomic E-state index is 0.359. The van der Waals surface area contributed by atoms with Gasteiger partial charge in [0.15, 0.2) is 5.60 Å². The lowest BCUT2D eigenvalue weighted by Crippen LogP contribution is -2.26. The van der Waals surface area contributed by atoms with Gasteiger partial charge in [-0.2, -0.15) is 0 Å². The van der Waals surface area contributed by atoms with E-state index >= 15 is 0 Å². The molecule has 0 saturated heterocycles. The van der Waals surface area contributed by atoms with Gasteiger partial charge in [0.1, 0.15) is 12.1 Å². The highest BCUT2D eigenvalue weighted by Crippen LogP contribution is 2.15. The van der Waals surface area contributed by atoms with Crippen LogP contribution in [0.1, 0.15) is 13.8 Å². The monoisotopic (exact) mass is 177 g/mol. The Kier molecular flexibility index (Phi) is 2.38. The predicted molar refractivity (Wildman–Crippen MR) is 50.0 cm³/mol. The first-order chi connectivity index (χ1) is 6.03. The molecule has 2 N–H and O–H groups in total. The van der Waals surface area contributed by atoms with E-state index in [1.54, 1.807) is 13.8 Å². The average molecular weight is 177 g/mol. The molecule has 0 aromatic carbocycles. The van der Waals surface area contributed by atoms with Crippen LogP contribution in [0.25, 0.3) is 0 Å². The average Bonchev–Trinajstić information content (AvgIpc) is 2.03. The summed E-state index contributed by atoms with van der Waals surface area (Å²) in [5, 5.41) is 0. The summed E-state index contributed by atoms with van der Waals surface area (Å²) in [5.41, 5.74) is 4.76. The zero-order valence-corrected chi connectivity index (χ0v) is 7.61. The van der Waals surface area contributed by atoms with Gasteiger partial charge in [-0.15, -0.1) is 6.42 Å². The third-order valence-electron chi connectivity index (χ3n) is 1.37. The molecule has 0 saturated carbocycles. The van der Waals surface area contributed by atoms with Gasteiger partial charge in [0.25, 0.3) is 0 Å². The van der Waals surface area contributed by atoms with E-state index in [0.29, 0.717) is 11.7 Å². The first kappa shape index (κ1) is 9.33. The quantitative estimate of drug-likeness (QED) is 0.680. The van der Waals surface area contributed by atoms with Crippen molar-refractivity contribution < 1.29 is 4.74 Å². The molecule has 0 aliphatic rings. The molecule has 0 aliphatic heterocycles. The van der Waals surface area contributed by atoms with Crippen LogP contribution in [0.4, 0.5) is 5.82 Å². The number of anilines is 1. The van der Waals surface area contributed by atoms with Crippen molar-refractivity contribution >= 4 is 5.82 Å². The summed E-state index contributed by atoms with van der Waals surface area (Å²) in [6.07, 6.45) is 6.57. The van der Waals surface area contributed by atoms with Crippen LogP contribution < -0.4 is 10.5 Å². The van der Waals surface area contributed by atoms with Crippen LogP contribution in [0.5, 0.6) is 5.88 Å². The van der Waals surface area contributed by atoms with Crippen molar-refractivity contribution in [2.45, 2.75) is 19.4 Å². The Bertz CT molecular complexity index is 341. The molecule has 4 heteroatoms. The van der Waals surface area contributed by atoms with Gasteiger partial charge < -0.3 is 10.5 Å². The number of rotatable bonds is 2. The highest BCUT2D eigenvalue weighted by atomic mass is 16.5. The van der Waals surface area contributed by atoms with E-state index in [0.717, 1.165) is 0 Å². The summed E-state index contributed by atoms with van der Waals surface area (Å²) >= 11 is 0. The van der Waals surface area contributed by atoms with Gasteiger partial charge >= 0.3 is 0 Å². The van der Waals surface area contributed by atoms with Crippen LogP contribution in [0, 0.1) is 12.3 Å². The van der Waals surface area contributed by atoms with E-state index in [2.05, 4.69) is 15.9 Å². The van der Waals surface area contributed by atoms with E-state index in [4.69, 9.17) is 16.9 Å². The second-order valence-corrected chi connectivity index (χ2v) is 3.04. The third kappa shape index (κ3) is 2.64. The van der Waals surface area contributed by atoms with Gasteiger partial charge in [-0.3, -0.25) is 0 Å². The van der Waals surface area contributed by atoms with Crippen molar-refractivity contribution in [3.63, 3.8) is 0 Å². The highest BCUT2D eigenvalue weighted by Gasteiger charge is 2.16. The summed E-state index contributed by atoms with van der Waals surface area (Å²) in [6.45, 7) is 3.54. The lowest BCUT2D eigenvalue weighted by Gasteiger charge is -2.18. The fourth-order valence-corrected chi connectivity index (χ4v) is 0.700. The Morgan fingerprint density at radius 3 is 2.77 bits per heavy atom. The molecule has 1 heterocycles. The fourth-order valence-electron chi connectivity index (χ4n) is 0.700. The molecule has 0 bridgehead atoms. The van der Waals surface area contributed by atoms with E-state index in [1.807, 2.05) is 0 Å². The second kappa shape index (κ2) is 3.31. The second-order valence-electron chi connectivity index (χ2n) is 3.04. The van der Waals surface area contributed by atoms with Crippen LogP contribution >= 0.6 is 0 Å². The Balaban J connectivity index is 2.82. The first-order valence-corrected chi connectivity index (χ1v) is 3.78. The topological polar surface area (TPSA) is 61.0 Å². The maximum absolute atomic E-state index is 5.44. The first-order valence-electron chi connectivity index (χ1n) is 3.78. The lowest BCUT2D eigenvalue weighted by atomic mass is 10.1. The summed E-state index contributed by atoms with van der Waals surface area (Å²) in [7, 11) is 0. The number of terminal acetylenes is 1. The summed E-state index contributed by atoms with van der Waals surface area (Å²) < 4.78 is 5.36. The molecular formula is C9H11N3O. The molecule has 0 unspecified atom stereocenters. The summed E-state index contributed by atoms with van der Waals surface area (Å²) in [6, 6.07) is 1.53. The molecule has 0 spiro atoms. The molecule has 1 aromatic rings. The van der Waals surface area contributed by atoms with Crippen molar-refractivity contribution in [3.8, 4) is 18.2 Å². The zero-order valence-electron chi connectivity index (χ0n) is 7.61. The van der Waals surface area contributed by atoms with E-state index in [1.165, 1.54) is 12.4 Å². The molecule has 0 amide bonds. The van der Waals surface area contributed by atoms with Gasteiger partial charge in [-0.25, -0.2) is 9.97 Å². The third-order valence-corrected chi connectivity index (χ3v) is 1.37. The van der Waals surface area contributed by atoms with Gasteiger partial charge in [0.2, 0.25) is 5.88 Å². The summed E-state index contributed by atoms with van der Waals surface area (Å²) in [4.78, 5) is 7.59. The Morgan fingerprint density at radius 2 is 2.23 bits per heavy atom. The standard InChI is InChI=1S/C9H11N3O/c1-4-9(2,3)13-8-5-7(10)11-6-12-8/h1,5-6H,2-3H3,(H2,10,11,12). The van der Waals surface area contributed by atoms with Crippen molar-refractivity contribution in [2.75, 3.05) is 5.73 Å². The van der Waals surface area contributed by atoms with Crippen LogP contribution in [0.2, 0.25) is 0 Å². The van der Waals surface area contributed by atoms with Gasteiger partial charge in [0.05, 0.1) is 0 Å². The molecule has 1 aromatic heterocycles. The molecular weight excluding hydrogens is 166 g/mol. The molecule has 68 valence electrons. The van der Waals surface area contributed by atoms with Crippen molar-refractivity contribution in [2.24, 2.45) is 0 Å². The number of hydrogen-bond donors (Lipinski definition) is 1. The van der Waals surface area contributed by atoms with Crippen LogP contribution in [-0.4, -0.2) is 15.6 Å². The predicted octanol–water partition coefficient (Wildman–Crippen LogP) is 0.849. The largest absolute Gasteiger partial charge is 0.458 e. The van der Waals surface area contributed by atoms with Crippen molar-refractivity contribution in [3.05, 3.63) is 12.4 Å². The number of ether oxygens (including phenoxy) is 1. The van der Waals surface area contributed by atoms with E-state index in [9.17, 15) is 0 Å². The summed E-state index contributed by atoms with van der Waals surface area (Å²) in [5.74, 6) is 3.23. The van der Waals surface area contributed by atoms with Crippen LogP contribution in [0.15, 0.2) is 12.4 Å². The van der Waals surface area contributed by atoms with Gasteiger partial charge in [-0.05, 0) is 13.8 Å². The van der Waals surface area contributed by atoms with E-state index in [-0.39, 0.29) is 0 Å². The normalized spacial score (nSPS) is 10.5. The molecule has 13 heavy (non-hydrogen) atoms. The van der Waals surface area contributed by atoms with Crippen molar-refractivity contribution in [1.29, 1.82) is 0 Å². The van der Waals surface area contributed by atoms with Crippen molar-refractivity contribution in [1.82, 2.24) is 9.97 Å². The Labute approximate surface area is 77.1 Å². The molecule has 1 rings (SSSR count). The minimum Gasteiger partial charge on any atom is -0.458 e. The number of aromatic nitrogens is 2. The van der Waals surface area contributed by atoms with Gasteiger partial charge in [-0.1, -0.05) is 5.92 Å². The zero-order chi connectivity index (χ0) is 9.90. The number of nitrogens with zero attached hydrogens (tertiary/aromatic N) is 2. The highest BCUT2D eigenvalue weighted by molar-refractivity contribution is 5.31. The number of nitrogens with two attached hydrogens (primary N) is 1. The SMILES string of the molecule is C#CC(C)(C)Oc1cc(N)ncn1. The molecule has 0 atom stereocenters. The lowest BCUT2D eigenvalue weighted by molar-refractivity contribution is 0.164. The fraction of sp³-hybridized carbons (Fsp3) is 0.333. The van der Waals surface area contributed by atoms with Crippen LogP contribution in [-0.2, 0) is 0 Å². The molecule has 4 nitrogen and oxygen atoms in total. The number of nitrogen functional groups attached to an aromatic ring is 1. The number of hydrogen-bond acceptors (Lipinski definition) is 4. The Hall–Kier alpha value is -1.76. The Morgan fingerprint density at radius 1 is 1.54 bits per heavy atom. The minimum atomic E-state index is -0.680. The van der Waals surface area contributed by atoms with E-state index < -0.39 is 5.60 Å². The van der Waals surface area contributed by atoms with Crippen LogP contribution in [0.3, 0.4) is 0 Å². The molecule has 0 aliphatic carbocycles. The maximum Gasteiger partial charge on any atom is 0.219 e. The molecule has 0 radical (unpaired) electrons. The maximum atomic E-state index is 5.44. The van der Waals surface area contributed by atoms with Gasteiger partial charge in [0, 0.05) is 6.07 Å². The smallest absolute Gasteiger partial charge is 0.219 e. The molecule has 0 fully saturated rings.